The van der Waals surface area contributed by atoms with Gasteiger partial charge in [0, 0.05) is 0 Å². The summed E-state index contributed by atoms with van der Waals surface area (Å²) in [6, 6.07) is 2.10. The molecule has 2 rings (SSSR count). The van der Waals surface area contributed by atoms with Gasteiger partial charge in [0.15, 0.2) is 0 Å². The number of aliphatic imine (C=N–C) groups is 1. The lowest BCUT2D eigenvalue weighted by Gasteiger charge is -2.10. The first-order valence-electron chi connectivity index (χ1n) is 3.21. The molecule has 0 atom stereocenters. The van der Waals surface area contributed by atoms with Crippen molar-refractivity contribution in [1.82, 2.24) is 0 Å². The van der Waals surface area contributed by atoms with Gasteiger partial charge in [-0.25, -0.2) is 0 Å². The molecular formula is C7H8N2S. The molecule has 1 aliphatic rings. The topological polar surface area (TPSA) is 24.4 Å². The van der Waals surface area contributed by atoms with E-state index in [1.807, 2.05) is 0 Å². The second-order valence-corrected chi connectivity index (χ2v) is 3.16. The molecule has 10 heavy (non-hydrogen) atoms. The Hall–Kier alpha value is -0.830. The van der Waals surface area contributed by atoms with Gasteiger partial charge >= 0.3 is 0 Å². The fourth-order valence-electron chi connectivity index (χ4n) is 1.04. The van der Waals surface area contributed by atoms with Gasteiger partial charge in [0.05, 0.1) is 16.3 Å². The molecule has 1 aromatic heterocycles. The SMILES string of the molecule is CC1=NCNc2ccsc21. The Kier molecular flexibility index (Phi) is 1.24. The largest absolute Gasteiger partial charge is 0.365 e. The minimum Gasteiger partial charge on any atom is -0.365 e. The highest BCUT2D eigenvalue weighted by Gasteiger charge is 2.09. The maximum absolute atomic E-state index is 4.26. The Bertz CT molecular complexity index is 275. The molecule has 52 valence electrons. The molecule has 1 N–H and O–H groups in total. The van der Waals surface area contributed by atoms with Gasteiger partial charge in [0.25, 0.3) is 0 Å². The quantitative estimate of drug-likeness (QED) is 0.603. The Balaban J connectivity index is 2.55. The monoisotopic (exact) mass is 152 g/mol. The van der Waals surface area contributed by atoms with Gasteiger partial charge in [-0.3, -0.25) is 4.99 Å². The van der Waals surface area contributed by atoms with E-state index >= 15 is 0 Å². The number of nitrogens with one attached hydrogen (secondary N) is 1. The second kappa shape index (κ2) is 2.09. The molecule has 0 aliphatic carbocycles. The maximum atomic E-state index is 4.26. The van der Waals surface area contributed by atoms with Crippen LogP contribution in [0.1, 0.15) is 11.8 Å². The van der Waals surface area contributed by atoms with Crippen LogP contribution in [0.3, 0.4) is 0 Å². The average Bonchev–Trinajstić information content (AvgIpc) is 2.36. The first-order chi connectivity index (χ1) is 4.88. The summed E-state index contributed by atoms with van der Waals surface area (Å²) in [5, 5.41) is 5.28. The zero-order valence-corrected chi connectivity index (χ0v) is 6.53. The summed E-state index contributed by atoms with van der Waals surface area (Å²) >= 11 is 1.74. The molecule has 0 aromatic carbocycles. The van der Waals surface area contributed by atoms with Crippen molar-refractivity contribution in [1.29, 1.82) is 0 Å². The normalized spacial score (nSPS) is 15.5. The van der Waals surface area contributed by atoms with Gasteiger partial charge in [-0.15, -0.1) is 11.3 Å². The number of thiophene rings is 1. The van der Waals surface area contributed by atoms with E-state index in [9.17, 15) is 0 Å². The van der Waals surface area contributed by atoms with Crippen molar-refractivity contribution < 1.29 is 0 Å². The fourth-order valence-corrected chi connectivity index (χ4v) is 1.89. The number of hydrogen-bond donors (Lipinski definition) is 1. The molecule has 2 heterocycles. The van der Waals surface area contributed by atoms with Crippen molar-refractivity contribution in [3.63, 3.8) is 0 Å². The summed E-state index contributed by atoms with van der Waals surface area (Å²) in [7, 11) is 0. The Morgan fingerprint density at radius 2 is 2.60 bits per heavy atom. The van der Waals surface area contributed by atoms with E-state index in [2.05, 4.69) is 28.7 Å². The summed E-state index contributed by atoms with van der Waals surface area (Å²) in [6.45, 7) is 2.78. The van der Waals surface area contributed by atoms with Crippen molar-refractivity contribution in [2.75, 3.05) is 12.0 Å². The molecule has 1 aliphatic heterocycles. The molecule has 0 unspecified atom stereocenters. The molecule has 1 aromatic rings. The average molecular weight is 152 g/mol. The summed E-state index contributed by atoms with van der Waals surface area (Å²) < 4.78 is 0. The molecule has 0 saturated carbocycles. The van der Waals surface area contributed by atoms with Gasteiger partial charge in [-0.05, 0) is 18.4 Å². The third-order valence-electron chi connectivity index (χ3n) is 1.58. The molecule has 0 radical (unpaired) electrons. The highest BCUT2D eigenvalue weighted by Crippen LogP contribution is 2.25. The van der Waals surface area contributed by atoms with Crippen LogP contribution >= 0.6 is 11.3 Å². The van der Waals surface area contributed by atoms with E-state index < -0.39 is 0 Å². The number of anilines is 1. The van der Waals surface area contributed by atoms with Crippen LogP contribution in [-0.2, 0) is 0 Å². The highest BCUT2D eigenvalue weighted by atomic mass is 32.1. The van der Waals surface area contributed by atoms with Crippen molar-refractivity contribution in [2.45, 2.75) is 6.92 Å². The fraction of sp³-hybridized carbons (Fsp3) is 0.286. The molecule has 0 saturated heterocycles. The van der Waals surface area contributed by atoms with Gasteiger partial charge in [0.2, 0.25) is 0 Å². The van der Waals surface area contributed by atoms with Crippen LogP contribution in [0.25, 0.3) is 0 Å². The van der Waals surface area contributed by atoms with Crippen molar-refractivity contribution in [3.05, 3.63) is 16.3 Å². The lowest BCUT2D eigenvalue weighted by atomic mass is 10.3. The molecule has 0 fully saturated rings. The minimum atomic E-state index is 0.732. The van der Waals surface area contributed by atoms with Crippen LogP contribution in [0, 0.1) is 0 Å². The smallest absolute Gasteiger partial charge is 0.108 e. The van der Waals surface area contributed by atoms with Gasteiger partial charge in [-0.2, -0.15) is 0 Å². The van der Waals surface area contributed by atoms with Crippen molar-refractivity contribution >= 4 is 22.7 Å². The second-order valence-electron chi connectivity index (χ2n) is 2.24. The summed E-state index contributed by atoms with van der Waals surface area (Å²) in [4.78, 5) is 5.54. The van der Waals surface area contributed by atoms with E-state index in [1.165, 1.54) is 10.6 Å². The van der Waals surface area contributed by atoms with Crippen molar-refractivity contribution in [2.24, 2.45) is 4.99 Å². The van der Waals surface area contributed by atoms with Gasteiger partial charge < -0.3 is 5.32 Å². The maximum Gasteiger partial charge on any atom is 0.108 e. The predicted molar refractivity (Wildman–Crippen MR) is 45.0 cm³/mol. The lowest BCUT2D eigenvalue weighted by molar-refractivity contribution is 1.12. The zero-order valence-electron chi connectivity index (χ0n) is 5.72. The van der Waals surface area contributed by atoms with E-state index in [1.54, 1.807) is 11.3 Å². The summed E-state index contributed by atoms with van der Waals surface area (Å²) in [6.07, 6.45) is 0. The third kappa shape index (κ3) is 0.743. The predicted octanol–water partition coefficient (Wildman–Crippen LogP) is 1.94. The van der Waals surface area contributed by atoms with Crippen molar-refractivity contribution in [3.8, 4) is 0 Å². The molecule has 3 heteroatoms. The number of fused-ring (bicyclic) bond motifs is 1. The standard InChI is InChI=1S/C7H8N2S/c1-5-7-6(2-3-10-7)9-4-8-5/h2-3,9H,4H2,1H3. The number of nitrogens with zero attached hydrogens (tertiary/aromatic N) is 1. The lowest BCUT2D eigenvalue weighted by Crippen LogP contribution is -2.09. The van der Waals surface area contributed by atoms with E-state index in [-0.39, 0.29) is 0 Å². The Labute approximate surface area is 63.6 Å². The Morgan fingerprint density at radius 1 is 1.70 bits per heavy atom. The highest BCUT2D eigenvalue weighted by molar-refractivity contribution is 7.12. The van der Waals surface area contributed by atoms with Crippen LogP contribution in [0.4, 0.5) is 5.69 Å². The van der Waals surface area contributed by atoms with E-state index in [0.717, 1.165) is 12.4 Å². The summed E-state index contributed by atoms with van der Waals surface area (Å²) in [5.41, 5.74) is 2.39. The van der Waals surface area contributed by atoms with Gasteiger partial charge in [-0.1, -0.05) is 0 Å². The molecule has 0 amide bonds. The molecule has 0 spiro atoms. The first kappa shape index (κ1) is 5.92. The van der Waals surface area contributed by atoms with Crippen LogP contribution < -0.4 is 5.32 Å². The third-order valence-corrected chi connectivity index (χ3v) is 2.60. The van der Waals surface area contributed by atoms with Gasteiger partial charge in [0.1, 0.15) is 6.67 Å². The molecular weight excluding hydrogens is 144 g/mol. The molecule has 0 bridgehead atoms. The van der Waals surface area contributed by atoms with Crippen LogP contribution in [0.5, 0.6) is 0 Å². The van der Waals surface area contributed by atoms with E-state index in [0.29, 0.717) is 0 Å². The zero-order chi connectivity index (χ0) is 6.97. The van der Waals surface area contributed by atoms with Crippen LogP contribution in [-0.4, -0.2) is 12.4 Å². The van der Waals surface area contributed by atoms with Crippen LogP contribution in [0.15, 0.2) is 16.4 Å². The van der Waals surface area contributed by atoms with E-state index in [4.69, 9.17) is 0 Å². The number of rotatable bonds is 0. The first-order valence-corrected chi connectivity index (χ1v) is 4.08. The Morgan fingerprint density at radius 3 is 3.40 bits per heavy atom. The molecule has 2 nitrogen and oxygen atoms in total. The van der Waals surface area contributed by atoms with Crippen LogP contribution in [0.2, 0.25) is 0 Å². The number of hydrogen-bond acceptors (Lipinski definition) is 3. The summed E-state index contributed by atoms with van der Waals surface area (Å²) in [5.74, 6) is 0. The minimum absolute atomic E-state index is 0.732.